The highest BCUT2D eigenvalue weighted by molar-refractivity contribution is 5.73. The fourth-order valence-electron chi connectivity index (χ4n) is 2.49. The standard InChI is InChI=1S/C14H29N3O/c1-11(2)15-9-12(3)10-17-7-5-14(6-8-17)16-13(4)18/h11-12,14-15H,5-10H2,1-4H3,(H,16,18). The van der Waals surface area contributed by atoms with Crippen LogP contribution in [0.4, 0.5) is 0 Å². The fourth-order valence-corrected chi connectivity index (χ4v) is 2.49. The molecule has 0 aliphatic carbocycles. The lowest BCUT2D eigenvalue weighted by Crippen LogP contribution is -2.46. The Labute approximate surface area is 111 Å². The maximum absolute atomic E-state index is 11.0. The van der Waals surface area contributed by atoms with Crippen LogP contribution in [0, 0.1) is 5.92 Å². The van der Waals surface area contributed by atoms with E-state index in [1.165, 1.54) is 0 Å². The Kier molecular flexibility index (Phi) is 6.65. The molecular weight excluding hydrogens is 226 g/mol. The molecule has 0 radical (unpaired) electrons. The SMILES string of the molecule is CC(=O)NC1CCN(CC(C)CNC(C)C)CC1. The monoisotopic (exact) mass is 255 g/mol. The van der Waals surface area contributed by atoms with Gasteiger partial charge in [-0.15, -0.1) is 0 Å². The summed E-state index contributed by atoms with van der Waals surface area (Å²) in [6.07, 6.45) is 2.17. The summed E-state index contributed by atoms with van der Waals surface area (Å²) in [7, 11) is 0. The van der Waals surface area contributed by atoms with Gasteiger partial charge in [-0.3, -0.25) is 4.79 Å². The van der Waals surface area contributed by atoms with Crippen LogP contribution in [0.2, 0.25) is 0 Å². The Morgan fingerprint density at radius 2 is 1.89 bits per heavy atom. The van der Waals surface area contributed by atoms with Gasteiger partial charge in [0.1, 0.15) is 0 Å². The van der Waals surface area contributed by atoms with Gasteiger partial charge in [-0.05, 0) is 25.3 Å². The maximum atomic E-state index is 11.0. The lowest BCUT2D eigenvalue weighted by Gasteiger charge is -2.33. The number of carbonyl (C=O) groups excluding carboxylic acids is 1. The van der Waals surface area contributed by atoms with Crippen LogP contribution in [0.1, 0.15) is 40.5 Å². The van der Waals surface area contributed by atoms with Gasteiger partial charge in [0.2, 0.25) is 5.91 Å². The summed E-state index contributed by atoms with van der Waals surface area (Å²) in [5.74, 6) is 0.785. The largest absolute Gasteiger partial charge is 0.354 e. The van der Waals surface area contributed by atoms with Crippen molar-refractivity contribution in [3.8, 4) is 0 Å². The Bertz CT molecular complexity index is 247. The first-order valence-electron chi connectivity index (χ1n) is 7.20. The van der Waals surface area contributed by atoms with E-state index < -0.39 is 0 Å². The van der Waals surface area contributed by atoms with Crippen molar-refractivity contribution < 1.29 is 4.79 Å². The second-order valence-corrected chi connectivity index (χ2v) is 5.94. The first-order chi connectivity index (χ1) is 8.47. The van der Waals surface area contributed by atoms with Crippen LogP contribution in [0.5, 0.6) is 0 Å². The molecule has 1 atom stereocenters. The van der Waals surface area contributed by atoms with Gasteiger partial charge in [0.15, 0.2) is 0 Å². The molecule has 2 N–H and O–H groups in total. The lowest BCUT2D eigenvalue weighted by atomic mass is 10.0. The predicted octanol–water partition coefficient (Wildman–Crippen LogP) is 1.22. The van der Waals surface area contributed by atoms with E-state index >= 15 is 0 Å². The maximum Gasteiger partial charge on any atom is 0.217 e. The second kappa shape index (κ2) is 7.74. The van der Waals surface area contributed by atoms with E-state index in [1.54, 1.807) is 6.92 Å². The molecule has 1 rings (SSSR count). The normalized spacial score (nSPS) is 20.1. The molecule has 1 amide bonds. The van der Waals surface area contributed by atoms with E-state index in [0.29, 0.717) is 18.0 Å². The van der Waals surface area contributed by atoms with Gasteiger partial charge in [-0.1, -0.05) is 20.8 Å². The summed E-state index contributed by atoms with van der Waals surface area (Å²) in [5.41, 5.74) is 0. The van der Waals surface area contributed by atoms with E-state index in [-0.39, 0.29) is 5.91 Å². The number of rotatable bonds is 6. The minimum Gasteiger partial charge on any atom is -0.354 e. The van der Waals surface area contributed by atoms with Crippen LogP contribution >= 0.6 is 0 Å². The molecule has 1 heterocycles. The minimum atomic E-state index is 0.1000. The molecule has 1 saturated heterocycles. The van der Waals surface area contributed by atoms with E-state index in [9.17, 15) is 4.79 Å². The van der Waals surface area contributed by atoms with Crippen molar-refractivity contribution in [2.45, 2.75) is 52.6 Å². The molecule has 0 aromatic rings. The third kappa shape index (κ3) is 6.36. The first kappa shape index (κ1) is 15.4. The zero-order valence-electron chi connectivity index (χ0n) is 12.3. The van der Waals surface area contributed by atoms with Gasteiger partial charge in [-0.2, -0.15) is 0 Å². The highest BCUT2D eigenvalue weighted by Crippen LogP contribution is 2.12. The van der Waals surface area contributed by atoms with Crippen molar-refractivity contribution in [3.63, 3.8) is 0 Å². The number of hydrogen-bond donors (Lipinski definition) is 2. The molecule has 18 heavy (non-hydrogen) atoms. The summed E-state index contributed by atoms with van der Waals surface area (Å²) >= 11 is 0. The van der Waals surface area contributed by atoms with Crippen molar-refractivity contribution in [3.05, 3.63) is 0 Å². The van der Waals surface area contributed by atoms with Crippen molar-refractivity contribution in [1.82, 2.24) is 15.5 Å². The number of nitrogens with one attached hydrogen (secondary N) is 2. The number of likely N-dealkylation sites (tertiary alicyclic amines) is 1. The third-order valence-electron chi connectivity index (χ3n) is 3.44. The number of piperidine rings is 1. The van der Waals surface area contributed by atoms with Gasteiger partial charge in [0.05, 0.1) is 0 Å². The molecule has 1 aliphatic rings. The number of hydrogen-bond acceptors (Lipinski definition) is 3. The molecule has 1 fully saturated rings. The van der Waals surface area contributed by atoms with Crippen LogP contribution in [-0.2, 0) is 4.79 Å². The summed E-state index contributed by atoms with van der Waals surface area (Å²) in [4.78, 5) is 13.5. The van der Waals surface area contributed by atoms with Gasteiger partial charge < -0.3 is 15.5 Å². The van der Waals surface area contributed by atoms with Gasteiger partial charge in [-0.25, -0.2) is 0 Å². The molecule has 0 spiro atoms. The van der Waals surface area contributed by atoms with E-state index in [2.05, 4.69) is 36.3 Å². The molecular formula is C14H29N3O. The third-order valence-corrected chi connectivity index (χ3v) is 3.44. The Morgan fingerprint density at radius 1 is 1.28 bits per heavy atom. The summed E-state index contributed by atoms with van der Waals surface area (Å²) < 4.78 is 0. The predicted molar refractivity (Wildman–Crippen MR) is 75.6 cm³/mol. The number of nitrogens with zero attached hydrogens (tertiary/aromatic N) is 1. The molecule has 0 saturated carbocycles. The van der Waals surface area contributed by atoms with Crippen molar-refractivity contribution in [1.29, 1.82) is 0 Å². The number of carbonyl (C=O) groups is 1. The van der Waals surface area contributed by atoms with Crippen LogP contribution in [-0.4, -0.2) is 49.1 Å². The zero-order chi connectivity index (χ0) is 13.5. The second-order valence-electron chi connectivity index (χ2n) is 5.94. The minimum absolute atomic E-state index is 0.1000. The average Bonchev–Trinajstić information content (AvgIpc) is 2.28. The van der Waals surface area contributed by atoms with E-state index in [1.807, 2.05) is 0 Å². The lowest BCUT2D eigenvalue weighted by molar-refractivity contribution is -0.119. The quantitative estimate of drug-likeness (QED) is 0.750. The van der Waals surface area contributed by atoms with Gasteiger partial charge in [0.25, 0.3) is 0 Å². The average molecular weight is 255 g/mol. The van der Waals surface area contributed by atoms with Crippen LogP contribution in [0.25, 0.3) is 0 Å². The zero-order valence-corrected chi connectivity index (χ0v) is 12.3. The van der Waals surface area contributed by atoms with Crippen molar-refractivity contribution >= 4 is 5.91 Å². The molecule has 0 aromatic carbocycles. The summed E-state index contributed by atoms with van der Waals surface area (Å²) in [6, 6.07) is 0.959. The fraction of sp³-hybridized carbons (Fsp3) is 0.929. The first-order valence-corrected chi connectivity index (χ1v) is 7.20. The van der Waals surface area contributed by atoms with Crippen molar-refractivity contribution in [2.24, 2.45) is 5.92 Å². The highest BCUT2D eigenvalue weighted by Gasteiger charge is 2.20. The number of amides is 1. The highest BCUT2D eigenvalue weighted by atomic mass is 16.1. The molecule has 1 aliphatic heterocycles. The Balaban J connectivity index is 2.16. The topological polar surface area (TPSA) is 44.4 Å². The summed E-state index contributed by atoms with van der Waals surface area (Å²) in [6.45, 7) is 12.7. The Morgan fingerprint density at radius 3 is 2.39 bits per heavy atom. The van der Waals surface area contributed by atoms with Crippen molar-refractivity contribution in [2.75, 3.05) is 26.2 Å². The molecule has 0 aromatic heterocycles. The molecule has 1 unspecified atom stereocenters. The molecule has 106 valence electrons. The van der Waals surface area contributed by atoms with Crippen LogP contribution < -0.4 is 10.6 Å². The summed E-state index contributed by atoms with van der Waals surface area (Å²) in [5, 5.41) is 6.50. The van der Waals surface area contributed by atoms with Gasteiger partial charge in [0, 0.05) is 38.6 Å². The van der Waals surface area contributed by atoms with Crippen LogP contribution in [0.3, 0.4) is 0 Å². The van der Waals surface area contributed by atoms with E-state index in [4.69, 9.17) is 0 Å². The molecule has 0 bridgehead atoms. The Hall–Kier alpha value is -0.610. The smallest absolute Gasteiger partial charge is 0.217 e. The van der Waals surface area contributed by atoms with Crippen LogP contribution in [0.15, 0.2) is 0 Å². The van der Waals surface area contributed by atoms with E-state index in [0.717, 1.165) is 39.0 Å². The molecule has 4 heteroatoms. The molecule has 4 nitrogen and oxygen atoms in total. The van der Waals surface area contributed by atoms with Gasteiger partial charge >= 0.3 is 0 Å².